The normalized spacial score (nSPS) is 47.8. The summed E-state index contributed by atoms with van der Waals surface area (Å²) in [5.41, 5.74) is 0.945. The molecule has 11 atom stereocenters. The first kappa shape index (κ1) is 31.2. The second kappa shape index (κ2) is 11.4. The Balaban J connectivity index is 1.33. The van der Waals surface area contributed by atoms with Gasteiger partial charge in [0.2, 0.25) is 0 Å². The van der Waals surface area contributed by atoms with Gasteiger partial charge in [0.15, 0.2) is 0 Å². The molecule has 5 aliphatic rings. The van der Waals surface area contributed by atoms with E-state index in [4.69, 9.17) is 14.2 Å². The third-order valence-electron chi connectivity index (χ3n) is 13.9. The lowest BCUT2D eigenvalue weighted by Gasteiger charge is -2.57. The van der Waals surface area contributed by atoms with Crippen LogP contribution in [0.2, 0.25) is 0 Å². The van der Waals surface area contributed by atoms with Crippen LogP contribution < -0.4 is 5.32 Å². The highest BCUT2D eigenvalue weighted by atomic mass is 16.5. The number of ether oxygens (including phenoxy) is 3. The third-order valence-corrected chi connectivity index (χ3v) is 13.9. The van der Waals surface area contributed by atoms with Crippen LogP contribution in [0.3, 0.4) is 0 Å². The minimum Gasteiger partial charge on any atom is -0.394 e. The fourth-order valence-corrected chi connectivity index (χ4v) is 11.4. The van der Waals surface area contributed by atoms with Gasteiger partial charge in [-0.3, -0.25) is 0 Å². The number of hydrogen-bond acceptors (Lipinski definition) is 6. The topological polar surface area (TPSA) is 80.2 Å². The molecular weight excluding hydrogens is 502 g/mol. The maximum Gasteiger partial charge on any atom is 0.0933 e. The molecule has 5 rings (SSSR count). The fraction of sp³-hybridized carbons (Fsp3) is 1.00. The maximum atomic E-state index is 11.8. The van der Waals surface area contributed by atoms with E-state index in [-0.39, 0.29) is 47.3 Å². The largest absolute Gasteiger partial charge is 0.394 e. The van der Waals surface area contributed by atoms with Gasteiger partial charge in [0.1, 0.15) is 0 Å². The number of aliphatic hydroxyl groups excluding tert-OH is 2. The van der Waals surface area contributed by atoms with Crippen LogP contribution in [-0.2, 0) is 14.2 Å². The van der Waals surface area contributed by atoms with Crippen LogP contribution in [0, 0.1) is 44.8 Å². The standard InChI is InChI=1S/C34H61NO5/c1-8-9-27-30(3,4)29(40-20-25-18-35-14-15-39-25)10-11-34(27)22-33(34)13-12-31(5)26(17-28(37)32(31,6)21-33)23(2)16-24(19-36)38-7/h23-29,35-37H,8-22H2,1-7H3/t23-,24?,25?,26-,27+,28+,29?,31?,32-,33?,34?/m1/s1. The summed E-state index contributed by atoms with van der Waals surface area (Å²) in [4.78, 5) is 0. The molecule has 0 bridgehead atoms. The number of fused-ring (bicyclic) bond motifs is 2. The van der Waals surface area contributed by atoms with Crippen molar-refractivity contribution in [2.75, 3.05) is 40.0 Å². The lowest BCUT2D eigenvalue weighted by Crippen LogP contribution is -2.53. The van der Waals surface area contributed by atoms with Crippen LogP contribution in [0.1, 0.15) is 106 Å². The van der Waals surface area contributed by atoms with Gasteiger partial charge in [0.05, 0.1) is 44.2 Å². The predicted molar refractivity (Wildman–Crippen MR) is 159 cm³/mol. The SMILES string of the molecule is CCC[C@H]1C(C)(C)C(OCC2CNCCO2)CCC12CC21CCC2(C)[C@@H]([C@H](C)CC(CO)OC)C[C@H](O)[C@@]2(C)C1. The molecule has 1 heterocycles. The molecule has 6 nitrogen and oxygen atoms in total. The second-order valence-corrected chi connectivity index (χ2v) is 16.0. The van der Waals surface area contributed by atoms with E-state index < -0.39 is 0 Å². The average Bonchev–Trinajstić information content (AvgIpc) is 3.48. The Labute approximate surface area is 244 Å². The Morgan fingerprint density at radius 1 is 1.07 bits per heavy atom. The quantitative estimate of drug-likeness (QED) is 0.322. The average molecular weight is 564 g/mol. The van der Waals surface area contributed by atoms with Crippen molar-refractivity contribution in [1.82, 2.24) is 5.32 Å². The molecule has 4 aliphatic carbocycles. The molecule has 6 heteroatoms. The van der Waals surface area contributed by atoms with Crippen molar-refractivity contribution in [3.8, 4) is 0 Å². The van der Waals surface area contributed by atoms with E-state index in [1.165, 1.54) is 38.5 Å². The summed E-state index contributed by atoms with van der Waals surface area (Å²) in [7, 11) is 1.70. The van der Waals surface area contributed by atoms with E-state index in [0.717, 1.165) is 45.4 Å². The van der Waals surface area contributed by atoms with Crippen LogP contribution in [0.15, 0.2) is 0 Å². The summed E-state index contributed by atoms with van der Waals surface area (Å²) >= 11 is 0. The molecule has 1 aliphatic heterocycles. The first-order chi connectivity index (χ1) is 18.9. The highest BCUT2D eigenvalue weighted by molar-refractivity contribution is 5.27. The molecule has 0 radical (unpaired) electrons. The number of hydrogen-bond donors (Lipinski definition) is 3. The van der Waals surface area contributed by atoms with Crippen molar-refractivity contribution in [3.05, 3.63) is 0 Å². The summed E-state index contributed by atoms with van der Waals surface area (Å²) in [6.45, 7) is 18.0. The maximum absolute atomic E-state index is 11.8. The first-order valence-electron chi connectivity index (χ1n) is 16.7. The van der Waals surface area contributed by atoms with E-state index in [1.54, 1.807) is 7.11 Å². The molecule has 0 aromatic carbocycles. The molecule has 1 saturated heterocycles. The van der Waals surface area contributed by atoms with Crippen molar-refractivity contribution >= 4 is 0 Å². The summed E-state index contributed by atoms with van der Waals surface area (Å²) in [6, 6.07) is 0. The summed E-state index contributed by atoms with van der Waals surface area (Å²) in [5.74, 6) is 1.54. The Morgan fingerprint density at radius 3 is 2.50 bits per heavy atom. The molecule has 4 saturated carbocycles. The third kappa shape index (κ3) is 4.83. The van der Waals surface area contributed by atoms with Gasteiger partial charge in [-0.25, -0.2) is 0 Å². The molecule has 6 unspecified atom stereocenters. The van der Waals surface area contributed by atoms with Gasteiger partial charge in [-0.1, -0.05) is 48.0 Å². The lowest BCUT2D eigenvalue weighted by molar-refractivity contribution is -0.150. The highest BCUT2D eigenvalue weighted by Crippen LogP contribution is 2.84. The zero-order valence-corrected chi connectivity index (χ0v) is 26.8. The van der Waals surface area contributed by atoms with Crippen LogP contribution >= 0.6 is 0 Å². The number of aliphatic hydroxyl groups is 2. The van der Waals surface area contributed by atoms with Gasteiger partial charge >= 0.3 is 0 Å². The Kier molecular flexibility index (Phi) is 8.86. The van der Waals surface area contributed by atoms with Gasteiger partial charge in [0, 0.05) is 20.2 Å². The Bertz CT molecular complexity index is 872. The summed E-state index contributed by atoms with van der Waals surface area (Å²) in [5, 5.41) is 25.0. The van der Waals surface area contributed by atoms with Crippen molar-refractivity contribution in [1.29, 1.82) is 0 Å². The monoisotopic (exact) mass is 563 g/mol. The number of morpholine rings is 1. The smallest absolute Gasteiger partial charge is 0.0933 e. The first-order valence-corrected chi connectivity index (χ1v) is 16.7. The van der Waals surface area contributed by atoms with Gasteiger partial charge in [-0.05, 0) is 103 Å². The van der Waals surface area contributed by atoms with E-state index in [1.807, 2.05) is 0 Å². The fourth-order valence-electron chi connectivity index (χ4n) is 11.4. The van der Waals surface area contributed by atoms with Crippen LogP contribution in [0.5, 0.6) is 0 Å². The lowest BCUT2D eigenvalue weighted by atomic mass is 9.48. The molecule has 232 valence electrons. The highest BCUT2D eigenvalue weighted by Gasteiger charge is 2.78. The van der Waals surface area contributed by atoms with Gasteiger partial charge in [-0.15, -0.1) is 0 Å². The summed E-state index contributed by atoms with van der Waals surface area (Å²) < 4.78 is 18.2. The Hall–Kier alpha value is -0.240. The number of rotatable bonds is 10. The van der Waals surface area contributed by atoms with E-state index in [9.17, 15) is 10.2 Å². The van der Waals surface area contributed by atoms with Crippen molar-refractivity contribution in [2.45, 2.75) is 130 Å². The summed E-state index contributed by atoms with van der Waals surface area (Å²) in [6.07, 6.45) is 11.7. The molecule has 2 spiro atoms. The number of methoxy groups -OCH3 is 1. The van der Waals surface area contributed by atoms with Crippen molar-refractivity contribution in [2.24, 2.45) is 44.8 Å². The molecule has 0 amide bonds. The zero-order chi connectivity index (χ0) is 29.0. The molecule has 5 fully saturated rings. The van der Waals surface area contributed by atoms with Crippen LogP contribution in [0.4, 0.5) is 0 Å². The van der Waals surface area contributed by atoms with Crippen LogP contribution in [-0.4, -0.2) is 74.6 Å². The van der Waals surface area contributed by atoms with E-state index >= 15 is 0 Å². The second-order valence-electron chi connectivity index (χ2n) is 16.0. The number of nitrogens with one attached hydrogen (secondary N) is 1. The minimum absolute atomic E-state index is 0.0605. The van der Waals surface area contributed by atoms with Gasteiger partial charge in [0.25, 0.3) is 0 Å². The van der Waals surface area contributed by atoms with E-state index in [2.05, 4.69) is 46.9 Å². The molecule has 3 N–H and O–H groups in total. The molecule has 0 aromatic rings. The zero-order valence-electron chi connectivity index (χ0n) is 26.8. The van der Waals surface area contributed by atoms with Crippen molar-refractivity contribution in [3.63, 3.8) is 0 Å². The van der Waals surface area contributed by atoms with Gasteiger partial charge in [-0.2, -0.15) is 0 Å². The Morgan fingerprint density at radius 2 is 1.85 bits per heavy atom. The van der Waals surface area contributed by atoms with Crippen molar-refractivity contribution < 1.29 is 24.4 Å². The molecule has 0 aromatic heterocycles. The van der Waals surface area contributed by atoms with E-state index in [0.29, 0.717) is 35.2 Å². The van der Waals surface area contributed by atoms with Crippen LogP contribution in [0.25, 0.3) is 0 Å². The molecular formula is C34H61NO5. The predicted octanol–water partition coefficient (Wildman–Crippen LogP) is 5.58. The molecule has 40 heavy (non-hydrogen) atoms. The minimum atomic E-state index is -0.253. The van der Waals surface area contributed by atoms with Gasteiger partial charge < -0.3 is 29.7 Å².